The maximum atomic E-state index is 11.9. The number of nitrogens with zero attached hydrogens (tertiary/aromatic N) is 1. The number of nitrogens with one attached hydrogen (secondary N) is 1. The molecule has 0 radical (unpaired) electrons. The van der Waals surface area contributed by atoms with Gasteiger partial charge in [-0.05, 0) is 35.4 Å². The number of para-hydroxylation sites is 2. The van der Waals surface area contributed by atoms with Crippen molar-refractivity contribution in [2.24, 2.45) is 5.10 Å². The highest BCUT2D eigenvalue weighted by molar-refractivity contribution is 5.83. The van der Waals surface area contributed by atoms with Crippen molar-refractivity contribution in [1.29, 1.82) is 0 Å². The molecule has 0 aliphatic carbocycles. The first-order valence-corrected chi connectivity index (χ1v) is 9.09. The molecule has 0 aromatic heterocycles. The molecule has 6 heteroatoms. The summed E-state index contributed by atoms with van der Waals surface area (Å²) in [6.07, 6.45) is 1.55. The van der Waals surface area contributed by atoms with Gasteiger partial charge in [-0.3, -0.25) is 4.79 Å². The van der Waals surface area contributed by atoms with Gasteiger partial charge in [-0.2, -0.15) is 5.10 Å². The van der Waals surface area contributed by atoms with E-state index in [1.54, 1.807) is 31.5 Å². The second-order valence-electron chi connectivity index (χ2n) is 6.08. The molecule has 0 atom stereocenters. The number of rotatable bonds is 9. The molecule has 0 fully saturated rings. The van der Waals surface area contributed by atoms with Gasteiger partial charge in [0.25, 0.3) is 5.91 Å². The van der Waals surface area contributed by atoms with Crippen molar-refractivity contribution in [1.82, 2.24) is 5.43 Å². The van der Waals surface area contributed by atoms with Crippen molar-refractivity contribution in [2.45, 2.75) is 6.61 Å². The summed E-state index contributed by atoms with van der Waals surface area (Å²) in [4.78, 5) is 11.9. The molecule has 0 heterocycles. The highest BCUT2D eigenvalue weighted by atomic mass is 16.5. The first-order valence-electron chi connectivity index (χ1n) is 9.09. The van der Waals surface area contributed by atoms with Crippen molar-refractivity contribution in [2.75, 3.05) is 13.7 Å². The number of carbonyl (C=O) groups is 1. The van der Waals surface area contributed by atoms with Crippen LogP contribution in [-0.4, -0.2) is 25.8 Å². The molecule has 0 unspecified atom stereocenters. The van der Waals surface area contributed by atoms with Gasteiger partial charge in [-0.1, -0.05) is 54.6 Å². The third-order valence-electron chi connectivity index (χ3n) is 3.94. The number of carbonyl (C=O) groups excluding carboxylic acids is 1. The van der Waals surface area contributed by atoms with Crippen LogP contribution in [0.5, 0.6) is 17.2 Å². The summed E-state index contributed by atoms with van der Waals surface area (Å²) in [6.45, 7) is 0.316. The Morgan fingerprint density at radius 2 is 1.69 bits per heavy atom. The van der Waals surface area contributed by atoms with Crippen LogP contribution < -0.4 is 19.6 Å². The summed E-state index contributed by atoms with van der Waals surface area (Å²) in [7, 11) is 1.55. The van der Waals surface area contributed by atoms with Crippen LogP contribution >= 0.6 is 0 Å². The lowest BCUT2D eigenvalue weighted by Gasteiger charge is -2.09. The van der Waals surface area contributed by atoms with Crippen molar-refractivity contribution in [3.05, 3.63) is 90.0 Å². The smallest absolute Gasteiger partial charge is 0.277 e. The summed E-state index contributed by atoms with van der Waals surface area (Å²) in [5.74, 6) is 1.42. The molecule has 1 N–H and O–H groups in total. The lowest BCUT2D eigenvalue weighted by atomic mass is 10.2. The Kier molecular flexibility index (Phi) is 7.23. The van der Waals surface area contributed by atoms with E-state index in [1.807, 2.05) is 60.7 Å². The number of benzene rings is 3. The number of hydrogen-bond acceptors (Lipinski definition) is 5. The van der Waals surface area contributed by atoms with Gasteiger partial charge in [-0.25, -0.2) is 5.43 Å². The highest BCUT2D eigenvalue weighted by Gasteiger charge is 2.06. The summed E-state index contributed by atoms with van der Waals surface area (Å²) in [5.41, 5.74) is 4.34. The van der Waals surface area contributed by atoms with Crippen LogP contribution in [0.25, 0.3) is 0 Å². The fourth-order valence-corrected chi connectivity index (χ4v) is 2.52. The van der Waals surface area contributed by atoms with Gasteiger partial charge in [0.2, 0.25) is 0 Å². The largest absolute Gasteiger partial charge is 0.493 e. The van der Waals surface area contributed by atoms with E-state index in [9.17, 15) is 4.79 Å². The maximum absolute atomic E-state index is 11.9. The lowest BCUT2D eigenvalue weighted by molar-refractivity contribution is -0.123. The summed E-state index contributed by atoms with van der Waals surface area (Å²) in [5, 5.41) is 3.96. The Morgan fingerprint density at radius 1 is 0.931 bits per heavy atom. The van der Waals surface area contributed by atoms with E-state index in [0.717, 1.165) is 16.9 Å². The monoisotopic (exact) mass is 390 g/mol. The number of amides is 1. The van der Waals surface area contributed by atoms with E-state index in [2.05, 4.69) is 10.5 Å². The van der Waals surface area contributed by atoms with Crippen LogP contribution in [0.15, 0.2) is 84.0 Å². The first-order chi connectivity index (χ1) is 14.2. The fraction of sp³-hybridized carbons (Fsp3) is 0.130. The zero-order chi connectivity index (χ0) is 20.3. The van der Waals surface area contributed by atoms with Gasteiger partial charge >= 0.3 is 0 Å². The maximum Gasteiger partial charge on any atom is 0.277 e. The quantitative estimate of drug-likeness (QED) is 0.446. The SMILES string of the molecule is COc1ccccc1OCC(=O)N/N=C/c1cccc(OCc2ccccc2)c1. The van der Waals surface area contributed by atoms with Gasteiger partial charge in [0, 0.05) is 0 Å². The number of hydrogen-bond donors (Lipinski definition) is 1. The first kappa shape index (κ1) is 19.9. The van der Waals surface area contributed by atoms with Crippen molar-refractivity contribution in [3.8, 4) is 17.2 Å². The molecule has 0 aliphatic heterocycles. The second-order valence-corrected chi connectivity index (χ2v) is 6.08. The van der Waals surface area contributed by atoms with Crippen LogP contribution in [0.4, 0.5) is 0 Å². The Labute approximate surface area is 169 Å². The molecule has 6 nitrogen and oxygen atoms in total. The van der Waals surface area contributed by atoms with Crippen LogP contribution in [-0.2, 0) is 11.4 Å². The van der Waals surface area contributed by atoms with Gasteiger partial charge in [0.15, 0.2) is 18.1 Å². The Hall–Kier alpha value is -3.80. The standard InChI is InChI=1S/C23H22N2O4/c1-27-21-12-5-6-13-22(21)29-17-23(26)25-24-15-19-10-7-11-20(14-19)28-16-18-8-3-2-4-9-18/h2-15H,16-17H2,1H3,(H,25,26)/b24-15+. The average Bonchev–Trinajstić information content (AvgIpc) is 2.77. The Balaban J connectivity index is 1.47. The topological polar surface area (TPSA) is 69.2 Å². The number of methoxy groups -OCH3 is 1. The van der Waals surface area contributed by atoms with E-state index in [1.165, 1.54) is 0 Å². The third-order valence-corrected chi connectivity index (χ3v) is 3.94. The predicted molar refractivity (Wildman–Crippen MR) is 111 cm³/mol. The van der Waals surface area contributed by atoms with Crippen LogP contribution in [0, 0.1) is 0 Å². The van der Waals surface area contributed by atoms with E-state index in [4.69, 9.17) is 14.2 Å². The molecule has 3 rings (SSSR count). The highest BCUT2D eigenvalue weighted by Crippen LogP contribution is 2.25. The molecule has 0 aliphatic rings. The van der Waals surface area contributed by atoms with Crippen LogP contribution in [0.1, 0.15) is 11.1 Å². The number of ether oxygens (including phenoxy) is 3. The average molecular weight is 390 g/mol. The molecule has 0 spiro atoms. The number of hydrazone groups is 1. The van der Waals surface area contributed by atoms with Gasteiger partial charge in [0.05, 0.1) is 13.3 Å². The summed E-state index contributed by atoms with van der Waals surface area (Å²) < 4.78 is 16.4. The third kappa shape index (κ3) is 6.39. The minimum absolute atomic E-state index is 0.169. The van der Waals surface area contributed by atoms with Gasteiger partial charge < -0.3 is 14.2 Å². The van der Waals surface area contributed by atoms with Gasteiger partial charge in [-0.15, -0.1) is 0 Å². The normalized spacial score (nSPS) is 10.5. The summed E-state index contributed by atoms with van der Waals surface area (Å²) in [6, 6.07) is 24.5. The van der Waals surface area contributed by atoms with Crippen LogP contribution in [0.2, 0.25) is 0 Å². The molecule has 0 saturated heterocycles. The molecule has 0 bridgehead atoms. The molecule has 29 heavy (non-hydrogen) atoms. The van der Waals surface area contributed by atoms with Crippen molar-refractivity contribution in [3.63, 3.8) is 0 Å². The Morgan fingerprint density at radius 3 is 2.48 bits per heavy atom. The molecule has 148 valence electrons. The second kappa shape index (κ2) is 10.5. The molecule has 1 amide bonds. The van der Waals surface area contributed by atoms with Gasteiger partial charge in [0.1, 0.15) is 12.4 Å². The minimum atomic E-state index is -0.372. The molecular formula is C23H22N2O4. The molecular weight excluding hydrogens is 368 g/mol. The molecule has 3 aromatic carbocycles. The van der Waals surface area contributed by atoms with E-state index in [0.29, 0.717) is 18.1 Å². The van der Waals surface area contributed by atoms with Crippen LogP contribution in [0.3, 0.4) is 0 Å². The van der Waals surface area contributed by atoms with E-state index < -0.39 is 0 Å². The van der Waals surface area contributed by atoms with E-state index >= 15 is 0 Å². The fourth-order valence-electron chi connectivity index (χ4n) is 2.52. The zero-order valence-electron chi connectivity index (χ0n) is 16.1. The summed E-state index contributed by atoms with van der Waals surface area (Å²) >= 11 is 0. The van der Waals surface area contributed by atoms with Crippen molar-refractivity contribution < 1.29 is 19.0 Å². The Bertz CT molecular complexity index is 958. The van der Waals surface area contributed by atoms with Crippen molar-refractivity contribution >= 4 is 12.1 Å². The minimum Gasteiger partial charge on any atom is -0.493 e. The molecule has 3 aromatic rings. The van der Waals surface area contributed by atoms with E-state index in [-0.39, 0.29) is 12.5 Å². The lowest BCUT2D eigenvalue weighted by Crippen LogP contribution is -2.24. The molecule has 0 saturated carbocycles. The zero-order valence-corrected chi connectivity index (χ0v) is 16.1. The predicted octanol–water partition coefficient (Wildman–Crippen LogP) is 3.80.